The van der Waals surface area contributed by atoms with Gasteiger partial charge in [0, 0.05) is 43.3 Å². The topological polar surface area (TPSA) is 19.4 Å². The first-order valence-corrected chi connectivity index (χ1v) is 6.92. The molecule has 0 N–H and O–H groups in total. The van der Waals surface area contributed by atoms with Crippen LogP contribution in [0.15, 0.2) is 30.1 Å². The lowest BCUT2D eigenvalue weighted by molar-refractivity contribution is 0.167. The average molecular weight is 243 g/mol. The molecular formula is C15H21N3. The molecular weight excluding hydrogens is 222 g/mol. The number of hydrogen-bond acceptors (Lipinski definition) is 3. The number of aromatic nitrogens is 1. The predicted octanol–water partition coefficient (Wildman–Crippen LogP) is 2.22. The van der Waals surface area contributed by atoms with Gasteiger partial charge in [-0.25, -0.2) is 0 Å². The molecule has 3 heterocycles. The smallest absolute Gasteiger partial charge is 0.0445 e. The monoisotopic (exact) mass is 243 g/mol. The summed E-state index contributed by atoms with van der Waals surface area (Å²) in [6.07, 6.45) is 6.41. The predicted molar refractivity (Wildman–Crippen MR) is 74.1 cm³/mol. The molecule has 1 fully saturated rings. The fourth-order valence-corrected chi connectivity index (χ4v) is 2.83. The van der Waals surface area contributed by atoms with Gasteiger partial charge in [-0.15, -0.1) is 0 Å². The first kappa shape index (κ1) is 11.7. The molecule has 0 amide bonds. The maximum Gasteiger partial charge on any atom is 0.0445 e. The number of nitrogens with zero attached hydrogens (tertiary/aromatic N) is 3. The summed E-state index contributed by atoms with van der Waals surface area (Å²) < 4.78 is 0. The Morgan fingerprint density at radius 2 is 2.11 bits per heavy atom. The third-order valence-electron chi connectivity index (χ3n) is 4.05. The Morgan fingerprint density at radius 3 is 2.78 bits per heavy atom. The van der Waals surface area contributed by atoms with Crippen molar-refractivity contribution in [2.24, 2.45) is 0 Å². The minimum Gasteiger partial charge on any atom is -0.369 e. The standard InChI is InChI=1S/C15H21N3/c1-13-5-9-18(11-10-17-7-3-8-17)15(13)14-4-2-6-16-12-14/h2,4,6,12H,3,5,7-11H2,1H3. The van der Waals surface area contributed by atoms with Gasteiger partial charge < -0.3 is 9.80 Å². The minimum atomic E-state index is 1.15. The van der Waals surface area contributed by atoms with Crippen molar-refractivity contribution in [1.29, 1.82) is 0 Å². The molecule has 3 heteroatoms. The number of likely N-dealkylation sites (tertiary alicyclic amines) is 1. The van der Waals surface area contributed by atoms with Crippen molar-refractivity contribution in [3.63, 3.8) is 0 Å². The normalized spacial score (nSPS) is 20.4. The lowest BCUT2D eigenvalue weighted by Gasteiger charge is -2.33. The SMILES string of the molecule is CC1=C(c2cccnc2)N(CCN2CCC2)CC1. The van der Waals surface area contributed by atoms with Crippen molar-refractivity contribution < 1.29 is 0 Å². The average Bonchev–Trinajstić information content (AvgIpc) is 2.70. The Balaban J connectivity index is 1.71. The second-order valence-electron chi connectivity index (χ2n) is 5.30. The third kappa shape index (κ3) is 2.27. The summed E-state index contributed by atoms with van der Waals surface area (Å²) in [6, 6.07) is 4.20. The molecule has 0 saturated carbocycles. The van der Waals surface area contributed by atoms with Gasteiger partial charge in [0.1, 0.15) is 0 Å². The van der Waals surface area contributed by atoms with Crippen LogP contribution in [0.5, 0.6) is 0 Å². The highest BCUT2D eigenvalue weighted by molar-refractivity contribution is 5.68. The second-order valence-corrected chi connectivity index (χ2v) is 5.30. The van der Waals surface area contributed by atoms with Crippen molar-refractivity contribution in [2.75, 3.05) is 32.7 Å². The van der Waals surface area contributed by atoms with Crippen LogP contribution in [0, 0.1) is 0 Å². The second kappa shape index (κ2) is 5.11. The maximum absolute atomic E-state index is 4.25. The molecule has 96 valence electrons. The van der Waals surface area contributed by atoms with Gasteiger partial charge in [0.15, 0.2) is 0 Å². The van der Waals surface area contributed by atoms with Gasteiger partial charge in [-0.05, 0) is 50.6 Å². The van der Waals surface area contributed by atoms with Crippen molar-refractivity contribution in [3.8, 4) is 0 Å². The molecule has 0 unspecified atom stereocenters. The highest BCUT2D eigenvalue weighted by atomic mass is 15.2. The number of hydrogen-bond donors (Lipinski definition) is 0. The summed E-state index contributed by atoms with van der Waals surface area (Å²) in [5, 5.41) is 0. The van der Waals surface area contributed by atoms with Crippen LogP contribution in [0.1, 0.15) is 25.3 Å². The molecule has 2 aliphatic heterocycles. The highest BCUT2D eigenvalue weighted by Gasteiger charge is 2.22. The van der Waals surface area contributed by atoms with Crippen LogP contribution in [0.3, 0.4) is 0 Å². The Bertz CT molecular complexity index is 434. The highest BCUT2D eigenvalue weighted by Crippen LogP contribution is 2.30. The van der Waals surface area contributed by atoms with E-state index < -0.39 is 0 Å². The van der Waals surface area contributed by atoms with Gasteiger partial charge in [-0.3, -0.25) is 4.98 Å². The van der Waals surface area contributed by atoms with Gasteiger partial charge in [0.2, 0.25) is 0 Å². The van der Waals surface area contributed by atoms with Crippen LogP contribution in [-0.4, -0.2) is 47.5 Å². The summed E-state index contributed by atoms with van der Waals surface area (Å²) >= 11 is 0. The minimum absolute atomic E-state index is 1.15. The third-order valence-corrected chi connectivity index (χ3v) is 4.05. The fourth-order valence-electron chi connectivity index (χ4n) is 2.83. The summed E-state index contributed by atoms with van der Waals surface area (Å²) in [5.41, 5.74) is 4.20. The number of pyridine rings is 1. The molecule has 1 aromatic rings. The van der Waals surface area contributed by atoms with Crippen LogP contribution >= 0.6 is 0 Å². The van der Waals surface area contributed by atoms with Gasteiger partial charge >= 0.3 is 0 Å². The van der Waals surface area contributed by atoms with E-state index in [4.69, 9.17) is 0 Å². The van der Waals surface area contributed by atoms with Crippen LogP contribution in [0.4, 0.5) is 0 Å². The fraction of sp³-hybridized carbons (Fsp3) is 0.533. The zero-order chi connectivity index (χ0) is 12.4. The van der Waals surface area contributed by atoms with Crippen LogP contribution < -0.4 is 0 Å². The lowest BCUT2D eigenvalue weighted by Crippen LogP contribution is -2.41. The van der Waals surface area contributed by atoms with E-state index in [1.54, 1.807) is 0 Å². The Kier molecular flexibility index (Phi) is 3.33. The molecule has 0 aliphatic carbocycles. The van der Waals surface area contributed by atoms with Gasteiger partial charge in [0.05, 0.1) is 0 Å². The quantitative estimate of drug-likeness (QED) is 0.808. The van der Waals surface area contributed by atoms with E-state index in [2.05, 4.69) is 27.8 Å². The van der Waals surface area contributed by atoms with E-state index in [0.29, 0.717) is 0 Å². The molecule has 3 rings (SSSR count). The largest absolute Gasteiger partial charge is 0.369 e. The Labute approximate surface area is 109 Å². The van der Waals surface area contributed by atoms with Gasteiger partial charge in [-0.2, -0.15) is 0 Å². The van der Waals surface area contributed by atoms with E-state index in [1.807, 2.05) is 18.5 Å². The van der Waals surface area contributed by atoms with Gasteiger partial charge in [-0.1, -0.05) is 0 Å². The van der Waals surface area contributed by atoms with E-state index in [0.717, 1.165) is 6.54 Å². The van der Waals surface area contributed by atoms with Crippen molar-refractivity contribution in [1.82, 2.24) is 14.8 Å². The van der Waals surface area contributed by atoms with Crippen molar-refractivity contribution in [3.05, 3.63) is 35.7 Å². The summed E-state index contributed by atoms with van der Waals surface area (Å²) in [5.74, 6) is 0. The van der Waals surface area contributed by atoms with Crippen molar-refractivity contribution in [2.45, 2.75) is 19.8 Å². The maximum atomic E-state index is 4.25. The molecule has 18 heavy (non-hydrogen) atoms. The molecule has 3 nitrogen and oxygen atoms in total. The van der Waals surface area contributed by atoms with E-state index >= 15 is 0 Å². The molecule has 0 atom stereocenters. The molecule has 0 bridgehead atoms. The van der Waals surface area contributed by atoms with Crippen LogP contribution in [0.2, 0.25) is 0 Å². The first-order valence-electron chi connectivity index (χ1n) is 6.92. The first-order chi connectivity index (χ1) is 8.84. The van der Waals surface area contributed by atoms with Crippen molar-refractivity contribution >= 4 is 5.70 Å². The molecule has 2 aliphatic rings. The zero-order valence-electron chi connectivity index (χ0n) is 11.1. The van der Waals surface area contributed by atoms with E-state index in [9.17, 15) is 0 Å². The van der Waals surface area contributed by atoms with Crippen LogP contribution in [0.25, 0.3) is 5.70 Å². The number of rotatable bonds is 4. The van der Waals surface area contributed by atoms with E-state index in [1.165, 1.54) is 55.9 Å². The van der Waals surface area contributed by atoms with E-state index in [-0.39, 0.29) is 0 Å². The molecule has 0 radical (unpaired) electrons. The summed E-state index contributed by atoms with van der Waals surface area (Å²) in [4.78, 5) is 9.32. The lowest BCUT2D eigenvalue weighted by atomic mass is 10.1. The molecule has 1 saturated heterocycles. The summed E-state index contributed by atoms with van der Waals surface area (Å²) in [7, 11) is 0. The molecule has 0 spiro atoms. The summed E-state index contributed by atoms with van der Waals surface area (Å²) in [6.45, 7) is 8.37. The van der Waals surface area contributed by atoms with Crippen LogP contribution in [-0.2, 0) is 0 Å². The van der Waals surface area contributed by atoms with Gasteiger partial charge in [0.25, 0.3) is 0 Å². The Morgan fingerprint density at radius 1 is 1.22 bits per heavy atom. The molecule has 0 aromatic carbocycles. The Hall–Kier alpha value is -1.35. The zero-order valence-corrected chi connectivity index (χ0v) is 11.1. The molecule has 1 aromatic heterocycles.